The standard InChI is InChI=1S/C14H18N2O3/c1-14(2,8-12(17)18)16-13(19)10-3-4-11-9(7-10)5-6-15-11/h3-4,7,15H,5-6,8H2,1-2H3,(H,16,19)(H,17,18). The highest BCUT2D eigenvalue weighted by Crippen LogP contribution is 2.23. The summed E-state index contributed by atoms with van der Waals surface area (Å²) in [5.41, 5.74) is 2.01. The second-order valence-corrected chi connectivity index (χ2v) is 5.46. The van der Waals surface area contributed by atoms with Gasteiger partial charge in [-0.15, -0.1) is 0 Å². The first kappa shape index (κ1) is 13.4. The number of anilines is 1. The number of rotatable bonds is 4. The summed E-state index contributed by atoms with van der Waals surface area (Å²) in [6, 6.07) is 5.51. The molecular weight excluding hydrogens is 244 g/mol. The fourth-order valence-corrected chi connectivity index (χ4v) is 2.25. The fourth-order valence-electron chi connectivity index (χ4n) is 2.25. The van der Waals surface area contributed by atoms with Crippen molar-refractivity contribution in [1.29, 1.82) is 0 Å². The first-order valence-corrected chi connectivity index (χ1v) is 6.28. The van der Waals surface area contributed by atoms with Gasteiger partial charge in [-0.1, -0.05) is 0 Å². The summed E-state index contributed by atoms with van der Waals surface area (Å²) in [4.78, 5) is 22.8. The monoisotopic (exact) mass is 262 g/mol. The predicted molar refractivity (Wildman–Crippen MR) is 72.4 cm³/mol. The van der Waals surface area contributed by atoms with Crippen molar-refractivity contribution >= 4 is 17.6 Å². The van der Waals surface area contributed by atoms with Crippen LogP contribution < -0.4 is 10.6 Å². The molecule has 5 nitrogen and oxygen atoms in total. The lowest BCUT2D eigenvalue weighted by atomic mass is 9.99. The Labute approximate surface area is 112 Å². The van der Waals surface area contributed by atoms with Crippen LogP contribution in [0.1, 0.15) is 36.2 Å². The zero-order valence-corrected chi connectivity index (χ0v) is 11.1. The molecule has 0 saturated heterocycles. The summed E-state index contributed by atoms with van der Waals surface area (Å²) in [7, 11) is 0. The van der Waals surface area contributed by atoms with Gasteiger partial charge in [0.15, 0.2) is 0 Å². The smallest absolute Gasteiger partial charge is 0.305 e. The Morgan fingerprint density at radius 2 is 2.16 bits per heavy atom. The molecule has 0 radical (unpaired) electrons. The van der Waals surface area contributed by atoms with E-state index in [1.807, 2.05) is 12.1 Å². The number of hydrogen-bond donors (Lipinski definition) is 3. The van der Waals surface area contributed by atoms with Crippen molar-refractivity contribution in [3.63, 3.8) is 0 Å². The van der Waals surface area contributed by atoms with Crippen LogP contribution >= 0.6 is 0 Å². The van der Waals surface area contributed by atoms with Crippen LogP contribution in [-0.2, 0) is 11.2 Å². The molecule has 0 fully saturated rings. The van der Waals surface area contributed by atoms with Crippen molar-refractivity contribution in [3.05, 3.63) is 29.3 Å². The summed E-state index contributed by atoms with van der Waals surface area (Å²) in [5.74, 6) is -1.16. The summed E-state index contributed by atoms with van der Waals surface area (Å²) in [6.07, 6.45) is 0.806. The summed E-state index contributed by atoms with van der Waals surface area (Å²) < 4.78 is 0. The van der Waals surface area contributed by atoms with Crippen LogP contribution in [0.5, 0.6) is 0 Å². The average molecular weight is 262 g/mol. The van der Waals surface area contributed by atoms with Crippen LogP contribution in [0.3, 0.4) is 0 Å². The Bertz CT molecular complexity index is 523. The lowest BCUT2D eigenvalue weighted by Crippen LogP contribution is -2.44. The predicted octanol–water partition coefficient (Wildman–Crippen LogP) is 1.64. The fraction of sp³-hybridized carbons (Fsp3) is 0.429. The number of carbonyl (C=O) groups excluding carboxylic acids is 1. The van der Waals surface area contributed by atoms with Crippen LogP contribution in [0.4, 0.5) is 5.69 Å². The van der Waals surface area contributed by atoms with E-state index in [0.717, 1.165) is 24.2 Å². The van der Waals surface area contributed by atoms with Gasteiger partial charge in [0.2, 0.25) is 0 Å². The number of hydrogen-bond acceptors (Lipinski definition) is 3. The van der Waals surface area contributed by atoms with Gasteiger partial charge in [-0.05, 0) is 44.0 Å². The normalized spacial score (nSPS) is 13.6. The van der Waals surface area contributed by atoms with Crippen molar-refractivity contribution in [2.24, 2.45) is 0 Å². The van der Waals surface area contributed by atoms with Crippen LogP contribution in [0.15, 0.2) is 18.2 Å². The zero-order valence-electron chi connectivity index (χ0n) is 11.1. The van der Waals surface area contributed by atoms with E-state index in [2.05, 4.69) is 10.6 Å². The van der Waals surface area contributed by atoms with Crippen LogP contribution in [0, 0.1) is 0 Å². The number of carboxylic acids is 1. The second kappa shape index (κ2) is 4.91. The molecule has 19 heavy (non-hydrogen) atoms. The summed E-state index contributed by atoms with van der Waals surface area (Å²) in [5, 5.41) is 14.8. The molecule has 5 heteroatoms. The van der Waals surface area contributed by atoms with Crippen molar-refractivity contribution in [2.45, 2.75) is 32.2 Å². The molecular formula is C14H18N2O3. The Balaban J connectivity index is 2.10. The molecule has 1 aliphatic rings. The lowest BCUT2D eigenvalue weighted by Gasteiger charge is -2.24. The van der Waals surface area contributed by atoms with Gasteiger partial charge < -0.3 is 15.7 Å². The third-order valence-corrected chi connectivity index (χ3v) is 3.12. The molecule has 1 aliphatic heterocycles. The topological polar surface area (TPSA) is 78.4 Å². The highest BCUT2D eigenvalue weighted by atomic mass is 16.4. The van der Waals surface area contributed by atoms with E-state index in [-0.39, 0.29) is 12.3 Å². The lowest BCUT2D eigenvalue weighted by molar-refractivity contribution is -0.138. The molecule has 102 valence electrons. The molecule has 1 aromatic rings. The van der Waals surface area contributed by atoms with E-state index in [4.69, 9.17) is 5.11 Å². The SMILES string of the molecule is CC(C)(CC(=O)O)NC(=O)c1ccc2c(c1)CCN2. The van der Waals surface area contributed by atoms with Gasteiger partial charge in [0.05, 0.1) is 6.42 Å². The second-order valence-electron chi connectivity index (χ2n) is 5.46. The molecule has 0 bridgehead atoms. The van der Waals surface area contributed by atoms with E-state index < -0.39 is 11.5 Å². The van der Waals surface area contributed by atoms with E-state index in [9.17, 15) is 9.59 Å². The van der Waals surface area contributed by atoms with Crippen molar-refractivity contribution in [3.8, 4) is 0 Å². The van der Waals surface area contributed by atoms with Gasteiger partial charge in [0, 0.05) is 23.3 Å². The molecule has 1 amide bonds. The number of fused-ring (bicyclic) bond motifs is 1. The Hall–Kier alpha value is -2.04. The van der Waals surface area contributed by atoms with Crippen molar-refractivity contribution in [2.75, 3.05) is 11.9 Å². The quantitative estimate of drug-likeness (QED) is 0.770. The maximum Gasteiger partial charge on any atom is 0.305 e. The highest BCUT2D eigenvalue weighted by molar-refractivity contribution is 5.95. The number of aliphatic carboxylic acids is 1. The van der Waals surface area contributed by atoms with E-state index >= 15 is 0 Å². The molecule has 0 aromatic heterocycles. The van der Waals surface area contributed by atoms with E-state index in [1.54, 1.807) is 19.9 Å². The third kappa shape index (κ3) is 3.24. The van der Waals surface area contributed by atoms with Crippen LogP contribution in [0.25, 0.3) is 0 Å². The number of carboxylic acid groups (broad SMARTS) is 1. The minimum Gasteiger partial charge on any atom is -0.481 e. The minimum absolute atomic E-state index is 0.106. The Morgan fingerprint density at radius 1 is 1.42 bits per heavy atom. The largest absolute Gasteiger partial charge is 0.481 e. The molecule has 0 saturated carbocycles. The molecule has 1 aromatic carbocycles. The molecule has 2 rings (SSSR count). The maximum absolute atomic E-state index is 12.1. The summed E-state index contributed by atoms with van der Waals surface area (Å²) in [6.45, 7) is 4.30. The molecule has 3 N–H and O–H groups in total. The van der Waals surface area contributed by atoms with E-state index in [1.165, 1.54) is 0 Å². The van der Waals surface area contributed by atoms with Gasteiger partial charge in [-0.25, -0.2) is 0 Å². The average Bonchev–Trinajstić information content (AvgIpc) is 2.72. The van der Waals surface area contributed by atoms with Gasteiger partial charge in [-0.2, -0.15) is 0 Å². The Kier molecular flexibility index (Phi) is 3.46. The third-order valence-electron chi connectivity index (χ3n) is 3.12. The van der Waals surface area contributed by atoms with Crippen molar-refractivity contribution < 1.29 is 14.7 Å². The molecule has 0 aliphatic carbocycles. The van der Waals surface area contributed by atoms with Gasteiger partial charge in [-0.3, -0.25) is 9.59 Å². The van der Waals surface area contributed by atoms with Crippen molar-refractivity contribution in [1.82, 2.24) is 5.32 Å². The van der Waals surface area contributed by atoms with Crippen LogP contribution in [-0.4, -0.2) is 29.1 Å². The molecule has 1 heterocycles. The first-order valence-electron chi connectivity index (χ1n) is 6.28. The number of amides is 1. The molecule has 0 spiro atoms. The van der Waals surface area contributed by atoms with Gasteiger partial charge in [0.25, 0.3) is 5.91 Å². The number of nitrogens with one attached hydrogen (secondary N) is 2. The number of benzene rings is 1. The Morgan fingerprint density at radius 3 is 2.84 bits per heavy atom. The highest BCUT2D eigenvalue weighted by Gasteiger charge is 2.24. The molecule has 0 unspecified atom stereocenters. The van der Waals surface area contributed by atoms with Gasteiger partial charge >= 0.3 is 5.97 Å². The number of carbonyl (C=O) groups is 2. The maximum atomic E-state index is 12.1. The first-order chi connectivity index (χ1) is 8.87. The zero-order chi connectivity index (χ0) is 14.0. The van der Waals surface area contributed by atoms with Gasteiger partial charge in [0.1, 0.15) is 0 Å². The van der Waals surface area contributed by atoms with Crippen LogP contribution in [0.2, 0.25) is 0 Å². The van der Waals surface area contributed by atoms with E-state index in [0.29, 0.717) is 5.56 Å². The molecule has 0 atom stereocenters. The summed E-state index contributed by atoms with van der Waals surface area (Å²) >= 11 is 0. The minimum atomic E-state index is -0.927.